The second-order valence-electron chi connectivity index (χ2n) is 3.90. The van der Waals surface area contributed by atoms with Crippen LogP contribution in [-0.2, 0) is 0 Å². The van der Waals surface area contributed by atoms with Gasteiger partial charge in [0.1, 0.15) is 5.75 Å². The molecule has 0 bridgehead atoms. The zero-order valence-corrected chi connectivity index (χ0v) is 9.60. The lowest BCUT2D eigenvalue weighted by molar-refractivity contribution is 0.174. The first-order valence-corrected chi connectivity index (χ1v) is 5.50. The van der Waals surface area contributed by atoms with Crippen molar-refractivity contribution in [1.82, 2.24) is 0 Å². The summed E-state index contributed by atoms with van der Waals surface area (Å²) in [5, 5.41) is 12.0. The van der Waals surface area contributed by atoms with Crippen LogP contribution in [0.5, 0.6) is 5.75 Å². The molecule has 0 fully saturated rings. The molecule has 0 unspecified atom stereocenters. The number of ether oxygens (including phenoxy) is 1. The number of hydrogen-bond donors (Lipinski definition) is 1. The van der Waals surface area contributed by atoms with Gasteiger partial charge in [-0.05, 0) is 41.0 Å². The summed E-state index contributed by atoms with van der Waals surface area (Å²) >= 11 is 0. The Morgan fingerprint density at radius 3 is 2.50 bits per heavy atom. The summed E-state index contributed by atoms with van der Waals surface area (Å²) in [6, 6.07) is 12.0. The van der Waals surface area contributed by atoms with E-state index in [1.165, 1.54) is 0 Å². The molecule has 2 heteroatoms. The molecule has 2 aromatic rings. The monoisotopic (exact) mass is 216 g/mol. The van der Waals surface area contributed by atoms with Gasteiger partial charge in [0.2, 0.25) is 0 Å². The van der Waals surface area contributed by atoms with Crippen LogP contribution in [0, 0.1) is 0 Å². The normalized spacial score (nSPS) is 12.7. The summed E-state index contributed by atoms with van der Waals surface area (Å²) < 4.78 is 5.17. The van der Waals surface area contributed by atoms with Gasteiger partial charge in [0, 0.05) is 0 Å². The smallest absolute Gasteiger partial charge is 0.119 e. The molecule has 1 atom stereocenters. The van der Waals surface area contributed by atoms with E-state index in [4.69, 9.17) is 4.74 Å². The Balaban J connectivity index is 2.47. The minimum atomic E-state index is -0.369. The molecule has 0 aliphatic heterocycles. The molecule has 0 aliphatic carbocycles. The molecule has 0 saturated heterocycles. The maximum Gasteiger partial charge on any atom is 0.119 e. The maximum absolute atomic E-state index is 9.76. The van der Waals surface area contributed by atoms with E-state index in [2.05, 4.69) is 0 Å². The van der Waals surface area contributed by atoms with Crippen molar-refractivity contribution in [3.05, 3.63) is 42.0 Å². The molecule has 0 amide bonds. The first-order valence-electron chi connectivity index (χ1n) is 5.50. The van der Waals surface area contributed by atoms with E-state index < -0.39 is 0 Å². The second kappa shape index (κ2) is 4.54. The van der Waals surface area contributed by atoms with Crippen LogP contribution >= 0.6 is 0 Å². The predicted molar refractivity (Wildman–Crippen MR) is 65.8 cm³/mol. The molecule has 0 aromatic heterocycles. The topological polar surface area (TPSA) is 29.5 Å². The zero-order chi connectivity index (χ0) is 11.5. The van der Waals surface area contributed by atoms with Gasteiger partial charge in [-0.15, -0.1) is 0 Å². The van der Waals surface area contributed by atoms with Crippen molar-refractivity contribution >= 4 is 10.8 Å². The summed E-state index contributed by atoms with van der Waals surface area (Å²) in [6.07, 6.45) is 0.369. The van der Waals surface area contributed by atoms with Crippen LogP contribution < -0.4 is 4.74 Å². The number of methoxy groups -OCH3 is 1. The molecule has 2 aromatic carbocycles. The Labute approximate surface area is 95.5 Å². The second-order valence-corrected chi connectivity index (χ2v) is 3.90. The summed E-state index contributed by atoms with van der Waals surface area (Å²) in [5.74, 6) is 0.858. The minimum Gasteiger partial charge on any atom is -0.497 e. The highest BCUT2D eigenvalue weighted by Crippen LogP contribution is 2.25. The third kappa shape index (κ3) is 2.02. The van der Waals surface area contributed by atoms with Crippen molar-refractivity contribution in [2.75, 3.05) is 7.11 Å². The third-order valence-electron chi connectivity index (χ3n) is 2.84. The van der Waals surface area contributed by atoms with Gasteiger partial charge in [0.25, 0.3) is 0 Å². The van der Waals surface area contributed by atoms with E-state index in [1.54, 1.807) is 7.11 Å². The van der Waals surface area contributed by atoms with Gasteiger partial charge in [0.05, 0.1) is 13.2 Å². The predicted octanol–water partition coefficient (Wildman–Crippen LogP) is 3.29. The van der Waals surface area contributed by atoms with Gasteiger partial charge < -0.3 is 9.84 Å². The summed E-state index contributed by atoms with van der Waals surface area (Å²) in [4.78, 5) is 0. The fourth-order valence-electron chi connectivity index (χ4n) is 1.81. The van der Waals surface area contributed by atoms with Gasteiger partial charge in [-0.25, -0.2) is 0 Å². The molecular formula is C14H16O2. The molecule has 0 spiro atoms. The number of rotatable bonds is 3. The number of aliphatic hydroxyl groups excluding tert-OH is 1. The highest BCUT2D eigenvalue weighted by Gasteiger charge is 2.05. The third-order valence-corrected chi connectivity index (χ3v) is 2.84. The van der Waals surface area contributed by atoms with Gasteiger partial charge in [-0.1, -0.05) is 25.1 Å². The Hall–Kier alpha value is -1.54. The van der Waals surface area contributed by atoms with E-state index >= 15 is 0 Å². The minimum absolute atomic E-state index is 0.369. The van der Waals surface area contributed by atoms with Crippen LogP contribution in [0.1, 0.15) is 25.0 Å². The quantitative estimate of drug-likeness (QED) is 0.853. The van der Waals surface area contributed by atoms with Crippen molar-refractivity contribution < 1.29 is 9.84 Å². The highest BCUT2D eigenvalue weighted by atomic mass is 16.5. The van der Waals surface area contributed by atoms with Crippen LogP contribution in [0.2, 0.25) is 0 Å². The Morgan fingerprint density at radius 2 is 1.81 bits per heavy atom. The Morgan fingerprint density at radius 1 is 1.12 bits per heavy atom. The maximum atomic E-state index is 9.76. The van der Waals surface area contributed by atoms with Crippen molar-refractivity contribution in [3.8, 4) is 5.75 Å². The van der Waals surface area contributed by atoms with E-state index in [0.717, 1.165) is 28.5 Å². The van der Waals surface area contributed by atoms with E-state index in [0.29, 0.717) is 0 Å². The van der Waals surface area contributed by atoms with Gasteiger partial charge >= 0.3 is 0 Å². The van der Waals surface area contributed by atoms with Crippen molar-refractivity contribution in [1.29, 1.82) is 0 Å². The summed E-state index contributed by atoms with van der Waals surface area (Å²) in [5.41, 5.74) is 0.972. The van der Waals surface area contributed by atoms with Crippen LogP contribution in [-0.4, -0.2) is 12.2 Å². The standard InChI is InChI=1S/C14H16O2/c1-3-14(15)12-5-4-11-9-13(16-2)7-6-10(11)8-12/h4-9,14-15H,3H2,1-2H3/t14-/m0/s1. The number of aliphatic hydroxyl groups is 1. The molecule has 0 saturated carbocycles. The van der Waals surface area contributed by atoms with Crippen LogP contribution in [0.3, 0.4) is 0 Å². The molecule has 0 radical (unpaired) electrons. The lowest BCUT2D eigenvalue weighted by Crippen LogP contribution is -1.94. The van der Waals surface area contributed by atoms with E-state index in [-0.39, 0.29) is 6.10 Å². The van der Waals surface area contributed by atoms with E-state index in [9.17, 15) is 5.11 Å². The van der Waals surface area contributed by atoms with Gasteiger partial charge in [-0.3, -0.25) is 0 Å². The number of hydrogen-bond acceptors (Lipinski definition) is 2. The van der Waals surface area contributed by atoms with Crippen LogP contribution in [0.25, 0.3) is 10.8 Å². The SMILES string of the molecule is CC[C@H](O)c1ccc2cc(OC)ccc2c1. The molecular weight excluding hydrogens is 200 g/mol. The Kier molecular flexibility index (Phi) is 3.11. The average molecular weight is 216 g/mol. The highest BCUT2D eigenvalue weighted by molar-refractivity contribution is 5.84. The zero-order valence-electron chi connectivity index (χ0n) is 9.60. The van der Waals surface area contributed by atoms with E-state index in [1.807, 2.05) is 43.3 Å². The fourth-order valence-corrected chi connectivity index (χ4v) is 1.81. The fraction of sp³-hybridized carbons (Fsp3) is 0.286. The summed E-state index contributed by atoms with van der Waals surface area (Å²) in [6.45, 7) is 1.98. The Bertz CT molecular complexity index is 491. The molecule has 2 nitrogen and oxygen atoms in total. The van der Waals surface area contributed by atoms with Crippen molar-refractivity contribution in [3.63, 3.8) is 0 Å². The van der Waals surface area contributed by atoms with Crippen molar-refractivity contribution in [2.45, 2.75) is 19.4 Å². The molecule has 0 aliphatic rings. The molecule has 2 rings (SSSR count). The number of fused-ring (bicyclic) bond motifs is 1. The average Bonchev–Trinajstić information content (AvgIpc) is 2.36. The van der Waals surface area contributed by atoms with Crippen LogP contribution in [0.15, 0.2) is 36.4 Å². The molecule has 1 N–H and O–H groups in total. The van der Waals surface area contributed by atoms with Gasteiger partial charge in [0.15, 0.2) is 0 Å². The van der Waals surface area contributed by atoms with Crippen molar-refractivity contribution in [2.24, 2.45) is 0 Å². The molecule has 84 valence electrons. The summed E-state index contributed by atoms with van der Waals surface area (Å²) in [7, 11) is 1.66. The molecule has 0 heterocycles. The molecule has 16 heavy (non-hydrogen) atoms. The lowest BCUT2D eigenvalue weighted by atomic mass is 10.0. The first kappa shape index (κ1) is 11.0. The lowest BCUT2D eigenvalue weighted by Gasteiger charge is -2.09. The van der Waals surface area contributed by atoms with Gasteiger partial charge in [-0.2, -0.15) is 0 Å². The number of benzene rings is 2. The first-order chi connectivity index (χ1) is 7.74. The largest absolute Gasteiger partial charge is 0.497 e. The van der Waals surface area contributed by atoms with Crippen LogP contribution in [0.4, 0.5) is 0 Å².